The van der Waals surface area contributed by atoms with Crippen molar-refractivity contribution in [3.05, 3.63) is 34.9 Å². The van der Waals surface area contributed by atoms with Gasteiger partial charge in [-0.3, -0.25) is 4.90 Å². The number of nitrogens with one attached hydrogen (secondary N) is 1. The van der Waals surface area contributed by atoms with Crippen LogP contribution in [0.25, 0.3) is 0 Å². The van der Waals surface area contributed by atoms with Gasteiger partial charge in [0.2, 0.25) is 0 Å². The fourth-order valence-electron chi connectivity index (χ4n) is 2.83. The van der Waals surface area contributed by atoms with E-state index in [1.165, 1.54) is 42.6 Å². The van der Waals surface area contributed by atoms with Crippen LogP contribution in [0.4, 0.5) is 0 Å². The molecule has 1 atom stereocenters. The monoisotopic (exact) mass is 282 g/mol. The molecule has 1 aliphatic heterocycles. The molecule has 1 heterocycles. The third-order valence-electron chi connectivity index (χ3n) is 4.15. The van der Waals surface area contributed by atoms with Crippen LogP contribution >= 0.6 is 12.4 Å². The summed E-state index contributed by atoms with van der Waals surface area (Å²) in [5.41, 5.74) is 4.37. The van der Waals surface area contributed by atoms with Crippen LogP contribution in [0.15, 0.2) is 18.2 Å². The minimum atomic E-state index is 0. The van der Waals surface area contributed by atoms with E-state index in [1.54, 1.807) is 0 Å². The molecule has 3 heteroatoms. The molecule has 1 saturated heterocycles. The second kappa shape index (κ2) is 7.88. The van der Waals surface area contributed by atoms with E-state index in [-0.39, 0.29) is 12.4 Å². The first-order chi connectivity index (χ1) is 8.72. The summed E-state index contributed by atoms with van der Waals surface area (Å²) < 4.78 is 0. The van der Waals surface area contributed by atoms with E-state index in [2.05, 4.69) is 49.2 Å². The van der Waals surface area contributed by atoms with Crippen molar-refractivity contribution < 1.29 is 0 Å². The summed E-state index contributed by atoms with van der Waals surface area (Å²) >= 11 is 0. The maximum absolute atomic E-state index is 3.48. The lowest BCUT2D eigenvalue weighted by Crippen LogP contribution is -2.37. The summed E-state index contributed by atoms with van der Waals surface area (Å²) in [5.74, 6) is 0. The molecule has 0 radical (unpaired) electrons. The van der Waals surface area contributed by atoms with Crippen LogP contribution < -0.4 is 5.32 Å². The zero-order valence-electron chi connectivity index (χ0n) is 12.4. The first-order valence-corrected chi connectivity index (χ1v) is 7.22. The van der Waals surface area contributed by atoms with E-state index >= 15 is 0 Å². The highest BCUT2D eigenvalue weighted by molar-refractivity contribution is 5.85. The van der Waals surface area contributed by atoms with Crippen molar-refractivity contribution in [1.82, 2.24) is 10.2 Å². The van der Waals surface area contributed by atoms with Crippen molar-refractivity contribution >= 4 is 12.4 Å². The summed E-state index contributed by atoms with van der Waals surface area (Å²) in [6.07, 6.45) is 2.53. The molecule has 1 unspecified atom stereocenters. The van der Waals surface area contributed by atoms with Crippen molar-refractivity contribution in [3.8, 4) is 0 Å². The van der Waals surface area contributed by atoms with Gasteiger partial charge in [-0.05, 0) is 56.5 Å². The minimum Gasteiger partial charge on any atom is -0.315 e. The van der Waals surface area contributed by atoms with Gasteiger partial charge in [0.1, 0.15) is 0 Å². The van der Waals surface area contributed by atoms with E-state index in [0.717, 1.165) is 19.1 Å². The van der Waals surface area contributed by atoms with Gasteiger partial charge in [0, 0.05) is 19.1 Å². The van der Waals surface area contributed by atoms with Crippen LogP contribution in [0.5, 0.6) is 0 Å². The van der Waals surface area contributed by atoms with Gasteiger partial charge in [-0.15, -0.1) is 12.4 Å². The Bertz CT molecular complexity index is 386. The number of hydrogen-bond donors (Lipinski definition) is 1. The van der Waals surface area contributed by atoms with Gasteiger partial charge >= 0.3 is 0 Å². The van der Waals surface area contributed by atoms with Crippen molar-refractivity contribution in [1.29, 1.82) is 0 Å². The maximum atomic E-state index is 3.48. The lowest BCUT2D eigenvalue weighted by molar-refractivity contribution is 0.199. The zero-order chi connectivity index (χ0) is 13.0. The van der Waals surface area contributed by atoms with Crippen LogP contribution in [0, 0.1) is 13.8 Å². The standard InChI is InChI=1S/C16H26N2.ClH/c1-4-10-18(16-8-9-17-11-16)12-15-7-5-6-13(2)14(15)3;/h5-7,16-17H,4,8-12H2,1-3H3;1H. The summed E-state index contributed by atoms with van der Waals surface area (Å²) in [6.45, 7) is 11.4. The minimum absolute atomic E-state index is 0. The Kier molecular flexibility index (Phi) is 6.84. The second-order valence-electron chi connectivity index (χ2n) is 5.48. The predicted octanol–water partition coefficient (Wildman–Crippen LogP) is 3.30. The summed E-state index contributed by atoms with van der Waals surface area (Å²) in [7, 11) is 0. The molecule has 1 aromatic carbocycles. The fraction of sp³-hybridized carbons (Fsp3) is 0.625. The molecule has 0 saturated carbocycles. The Hall–Kier alpha value is -0.570. The van der Waals surface area contributed by atoms with Crippen LogP contribution in [0.1, 0.15) is 36.5 Å². The predicted molar refractivity (Wildman–Crippen MR) is 85.1 cm³/mol. The van der Waals surface area contributed by atoms with E-state index < -0.39 is 0 Å². The Balaban J connectivity index is 0.00000180. The Morgan fingerprint density at radius 1 is 1.32 bits per heavy atom. The van der Waals surface area contributed by atoms with Gasteiger partial charge in [0.25, 0.3) is 0 Å². The molecule has 0 aliphatic carbocycles. The highest BCUT2D eigenvalue weighted by Crippen LogP contribution is 2.18. The largest absolute Gasteiger partial charge is 0.315 e. The summed E-state index contributed by atoms with van der Waals surface area (Å²) in [6, 6.07) is 7.41. The van der Waals surface area contributed by atoms with Crippen molar-refractivity contribution in [2.45, 2.75) is 46.2 Å². The highest BCUT2D eigenvalue weighted by Gasteiger charge is 2.22. The average Bonchev–Trinajstić information content (AvgIpc) is 2.88. The molecular weight excluding hydrogens is 256 g/mol. The quantitative estimate of drug-likeness (QED) is 0.891. The summed E-state index contributed by atoms with van der Waals surface area (Å²) in [5, 5.41) is 3.48. The van der Waals surface area contributed by atoms with E-state index in [9.17, 15) is 0 Å². The topological polar surface area (TPSA) is 15.3 Å². The van der Waals surface area contributed by atoms with E-state index in [4.69, 9.17) is 0 Å². The van der Waals surface area contributed by atoms with Crippen molar-refractivity contribution in [2.24, 2.45) is 0 Å². The first-order valence-electron chi connectivity index (χ1n) is 7.22. The molecule has 0 amide bonds. The molecule has 0 aromatic heterocycles. The molecule has 1 aromatic rings. The SMILES string of the molecule is CCCN(Cc1cccc(C)c1C)C1CCNC1.Cl. The maximum Gasteiger partial charge on any atom is 0.0239 e. The zero-order valence-corrected chi connectivity index (χ0v) is 13.2. The van der Waals surface area contributed by atoms with Crippen molar-refractivity contribution in [2.75, 3.05) is 19.6 Å². The van der Waals surface area contributed by atoms with Crippen LogP contribution in [-0.4, -0.2) is 30.6 Å². The first kappa shape index (κ1) is 16.5. The molecule has 1 fully saturated rings. The lowest BCUT2D eigenvalue weighted by Gasteiger charge is -2.28. The number of halogens is 1. The van der Waals surface area contributed by atoms with Crippen LogP contribution in [0.3, 0.4) is 0 Å². The Morgan fingerprint density at radius 2 is 2.11 bits per heavy atom. The molecule has 108 valence electrons. The third kappa shape index (κ3) is 4.20. The fourth-order valence-corrected chi connectivity index (χ4v) is 2.83. The van der Waals surface area contributed by atoms with Gasteiger partial charge < -0.3 is 5.32 Å². The molecule has 2 rings (SSSR count). The number of aryl methyl sites for hydroxylation is 1. The smallest absolute Gasteiger partial charge is 0.0239 e. The molecule has 19 heavy (non-hydrogen) atoms. The third-order valence-corrected chi connectivity index (χ3v) is 4.15. The van der Waals surface area contributed by atoms with Crippen molar-refractivity contribution in [3.63, 3.8) is 0 Å². The van der Waals surface area contributed by atoms with E-state index in [1.807, 2.05) is 0 Å². The van der Waals surface area contributed by atoms with Crippen LogP contribution in [0.2, 0.25) is 0 Å². The second-order valence-corrected chi connectivity index (χ2v) is 5.48. The molecule has 1 N–H and O–H groups in total. The Labute approximate surface area is 124 Å². The number of rotatable bonds is 5. The normalized spacial score (nSPS) is 18.6. The lowest BCUT2D eigenvalue weighted by atomic mass is 10.0. The highest BCUT2D eigenvalue weighted by atomic mass is 35.5. The summed E-state index contributed by atoms with van der Waals surface area (Å²) in [4.78, 5) is 2.65. The van der Waals surface area contributed by atoms with E-state index in [0.29, 0.717) is 0 Å². The van der Waals surface area contributed by atoms with Gasteiger partial charge in [-0.1, -0.05) is 25.1 Å². The average molecular weight is 283 g/mol. The number of benzene rings is 1. The van der Waals surface area contributed by atoms with Gasteiger partial charge in [-0.25, -0.2) is 0 Å². The molecule has 0 spiro atoms. The molecule has 1 aliphatic rings. The molecule has 2 nitrogen and oxygen atoms in total. The molecule has 0 bridgehead atoms. The number of hydrogen-bond acceptors (Lipinski definition) is 2. The number of nitrogens with zero attached hydrogens (tertiary/aromatic N) is 1. The van der Waals surface area contributed by atoms with Gasteiger partial charge in [0.15, 0.2) is 0 Å². The van der Waals surface area contributed by atoms with Gasteiger partial charge in [-0.2, -0.15) is 0 Å². The van der Waals surface area contributed by atoms with Gasteiger partial charge in [0.05, 0.1) is 0 Å². The Morgan fingerprint density at radius 3 is 2.74 bits per heavy atom. The van der Waals surface area contributed by atoms with Crippen LogP contribution in [-0.2, 0) is 6.54 Å². The molecular formula is C16H27ClN2.